The first-order chi connectivity index (χ1) is 11.8. The van der Waals surface area contributed by atoms with Crippen molar-refractivity contribution in [3.8, 4) is 0 Å². The molecular weight excluding hydrogens is 359 g/mol. The molecule has 0 aromatic heterocycles. The summed E-state index contributed by atoms with van der Waals surface area (Å²) in [6.45, 7) is 4.30. The molecule has 3 amide bonds. The lowest BCUT2D eigenvalue weighted by molar-refractivity contribution is 0.0966. The number of amides is 3. The number of nitrogens with zero attached hydrogens (tertiary/aromatic N) is 1. The SMILES string of the molecule is CC(C)Cc1ccc(N(C)C(=O)NC(=O)c2c(Cl)cccc2Cl)cc1. The highest BCUT2D eigenvalue weighted by molar-refractivity contribution is 6.40. The van der Waals surface area contributed by atoms with Crippen molar-refractivity contribution in [2.45, 2.75) is 20.3 Å². The molecular formula is C19H20Cl2N2O2. The molecule has 6 heteroatoms. The van der Waals surface area contributed by atoms with Crippen molar-refractivity contribution in [1.82, 2.24) is 5.32 Å². The number of imide groups is 1. The first-order valence-electron chi connectivity index (χ1n) is 7.91. The molecule has 0 spiro atoms. The van der Waals surface area contributed by atoms with Gasteiger partial charge in [0.05, 0.1) is 15.6 Å². The Morgan fingerprint density at radius 1 is 1.04 bits per heavy atom. The summed E-state index contributed by atoms with van der Waals surface area (Å²) in [5.41, 5.74) is 1.97. The van der Waals surface area contributed by atoms with E-state index in [-0.39, 0.29) is 15.6 Å². The van der Waals surface area contributed by atoms with Gasteiger partial charge in [0.2, 0.25) is 0 Å². The second-order valence-electron chi connectivity index (χ2n) is 6.18. The summed E-state index contributed by atoms with van der Waals surface area (Å²) >= 11 is 12.0. The minimum absolute atomic E-state index is 0.0832. The third kappa shape index (κ3) is 4.97. The van der Waals surface area contributed by atoms with Gasteiger partial charge in [-0.1, -0.05) is 55.2 Å². The van der Waals surface area contributed by atoms with Crippen LogP contribution in [0.2, 0.25) is 10.0 Å². The lowest BCUT2D eigenvalue weighted by Crippen LogP contribution is -2.41. The summed E-state index contributed by atoms with van der Waals surface area (Å²) in [7, 11) is 1.59. The predicted octanol–water partition coefficient (Wildman–Crippen LogP) is 5.18. The van der Waals surface area contributed by atoms with Gasteiger partial charge < -0.3 is 0 Å². The Balaban J connectivity index is 2.08. The van der Waals surface area contributed by atoms with E-state index < -0.39 is 11.9 Å². The van der Waals surface area contributed by atoms with E-state index in [1.54, 1.807) is 25.2 Å². The van der Waals surface area contributed by atoms with E-state index in [0.717, 1.165) is 6.42 Å². The number of carbonyl (C=O) groups excluding carboxylic acids is 2. The fraction of sp³-hybridized carbons (Fsp3) is 0.263. The van der Waals surface area contributed by atoms with Crippen LogP contribution in [-0.4, -0.2) is 19.0 Å². The molecule has 0 bridgehead atoms. The van der Waals surface area contributed by atoms with Crippen molar-refractivity contribution in [2.24, 2.45) is 5.92 Å². The van der Waals surface area contributed by atoms with Crippen molar-refractivity contribution in [3.63, 3.8) is 0 Å². The molecule has 0 saturated heterocycles. The van der Waals surface area contributed by atoms with Gasteiger partial charge in [0.25, 0.3) is 5.91 Å². The van der Waals surface area contributed by atoms with Gasteiger partial charge in [0.1, 0.15) is 0 Å². The third-order valence-corrected chi connectivity index (χ3v) is 4.31. The Bertz CT molecular complexity index is 753. The largest absolute Gasteiger partial charge is 0.328 e. The summed E-state index contributed by atoms with van der Waals surface area (Å²) in [6.07, 6.45) is 0.972. The smallest absolute Gasteiger partial charge is 0.297 e. The van der Waals surface area contributed by atoms with Crippen molar-refractivity contribution in [3.05, 3.63) is 63.6 Å². The average molecular weight is 379 g/mol. The molecule has 0 aliphatic rings. The minimum atomic E-state index is -0.635. The third-order valence-electron chi connectivity index (χ3n) is 3.68. The average Bonchev–Trinajstić information content (AvgIpc) is 2.54. The van der Waals surface area contributed by atoms with Crippen molar-refractivity contribution >= 4 is 40.8 Å². The van der Waals surface area contributed by atoms with Gasteiger partial charge in [-0.3, -0.25) is 15.0 Å². The highest BCUT2D eigenvalue weighted by Crippen LogP contribution is 2.24. The number of rotatable bonds is 4. The molecule has 0 aliphatic heterocycles. The number of urea groups is 1. The lowest BCUT2D eigenvalue weighted by atomic mass is 10.0. The number of halogens is 2. The van der Waals surface area contributed by atoms with E-state index in [1.807, 2.05) is 24.3 Å². The quantitative estimate of drug-likeness (QED) is 0.796. The molecule has 0 atom stereocenters. The Hall–Kier alpha value is -2.04. The lowest BCUT2D eigenvalue weighted by Gasteiger charge is -2.18. The standard InChI is InChI=1S/C19H20Cl2N2O2/c1-12(2)11-13-7-9-14(10-8-13)23(3)19(25)22-18(24)17-15(20)5-4-6-16(17)21/h4-10,12H,11H2,1-3H3,(H,22,24,25). The topological polar surface area (TPSA) is 49.4 Å². The van der Waals surface area contributed by atoms with E-state index in [4.69, 9.17) is 23.2 Å². The molecule has 0 saturated carbocycles. The molecule has 0 aliphatic carbocycles. The highest BCUT2D eigenvalue weighted by atomic mass is 35.5. The zero-order valence-corrected chi connectivity index (χ0v) is 15.9. The van der Waals surface area contributed by atoms with Gasteiger partial charge in [0.15, 0.2) is 0 Å². The molecule has 0 unspecified atom stereocenters. The number of anilines is 1. The van der Waals surface area contributed by atoms with Crippen LogP contribution in [0, 0.1) is 5.92 Å². The number of nitrogens with one attached hydrogen (secondary N) is 1. The number of carbonyl (C=O) groups is 2. The summed E-state index contributed by atoms with van der Waals surface area (Å²) in [6, 6.07) is 11.8. The van der Waals surface area contributed by atoms with Gasteiger partial charge in [0, 0.05) is 12.7 Å². The van der Waals surface area contributed by atoms with Crippen LogP contribution in [0.25, 0.3) is 0 Å². The molecule has 0 heterocycles. The van der Waals surface area contributed by atoms with Gasteiger partial charge >= 0.3 is 6.03 Å². The maximum absolute atomic E-state index is 12.3. The van der Waals surface area contributed by atoms with Crippen LogP contribution in [0.3, 0.4) is 0 Å². The first-order valence-corrected chi connectivity index (χ1v) is 8.67. The molecule has 0 fully saturated rings. The Kier molecular flexibility index (Phi) is 6.45. The fourth-order valence-electron chi connectivity index (χ4n) is 2.40. The monoisotopic (exact) mass is 378 g/mol. The van der Waals surface area contributed by atoms with E-state index in [1.165, 1.54) is 10.5 Å². The maximum Gasteiger partial charge on any atom is 0.328 e. The van der Waals surface area contributed by atoms with Crippen molar-refractivity contribution < 1.29 is 9.59 Å². The molecule has 2 aromatic carbocycles. The summed E-state index contributed by atoms with van der Waals surface area (Å²) in [5, 5.41) is 2.69. The zero-order chi connectivity index (χ0) is 18.6. The molecule has 25 heavy (non-hydrogen) atoms. The number of hydrogen-bond donors (Lipinski definition) is 1. The second-order valence-corrected chi connectivity index (χ2v) is 6.99. The molecule has 2 rings (SSSR count). The Morgan fingerprint density at radius 3 is 2.12 bits per heavy atom. The normalized spacial score (nSPS) is 10.6. The van der Waals surface area contributed by atoms with Crippen LogP contribution in [0.1, 0.15) is 29.8 Å². The van der Waals surface area contributed by atoms with Crippen LogP contribution in [0.15, 0.2) is 42.5 Å². The molecule has 4 nitrogen and oxygen atoms in total. The van der Waals surface area contributed by atoms with Crippen molar-refractivity contribution in [1.29, 1.82) is 0 Å². The van der Waals surface area contributed by atoms with Gasteiger partial charge in [-0.2, -0.15) is 0 Å². The number of hydrogen-bond acceptors (Lipinski definition) is 2. The van der Waals surface area contributed by atoms with Gasteiger partial charge in [-0.05, 0) is 42.2 Å². The summed E-state index contributed by atoms with van der Waals surface area (Å²) in [5.74, 6) is -0.0752. The zero-order valence-electron chi connectivity index (χ0n) is 14.3. The predicted molar refractivity (Wildman–Crippen MR) is 103 cm³/mol. The molecule has 132 valence electrons. The van der Waals surface area contributed by atoms with Crippen LogP contribution in [0.4, 0.5) is 10.5 Å². The van der Waals surface area contributed by atoms with E-state index in [2.05, 4.69) is 19.2 Å². The highest BCUT2D eigenvalue weighted by Gasteiger charge is 2.19. The van der Waals surface area contributed by atoms with Gasteiger partial charge in [-0.25, -0.2) is 4.79 Å². The molecule has 2 aromatic rings. The van der Waals surface area contributed by atoms with E-state index >= 15 is 0 Å². The number of benzene rings is 2. The van der Waals surface area contributed by atoms with E-state index in [0.29, 0.717) is 11.6 Å². The minimum Gasteiger partial charge on any atom is -0.297 e. The Labute approximate surface area is 157 Å². The van der Waals surface area contributed by atoms with Crippen molar-refractivity contribution in [2.75, 3.05) is 11.9 Å². The summed E-state index contributed by atoms with van der Waals surface area (Å²) < 4.78 is 0. The van der Waals surface area contributed by atoms with Crippen LogP contribution in [-0.2, 0) is 6.42 Å². The van der Waals surface area contributed by atoms with Gasteiger partial charge in [-0.15, -0.1) is 0 Å². The summed E-state index contributed by atoms with van der Waals surface area (Å²) in [4.78, 5) is 26.0. The van der Waals surface area contributed by atoms with Crippen LogP contribution < -0.4 is 10.2 Å². The second kappa shape index (κ2) is 8.37. The van der Waals surface area contributed by atoms with E-state index in [9.17, 15) is 9.59 Å². The fourth-order valence-corrected chi connectivity index (χ4v) is 2.97. The first kappa shape index (κ1) is 19.3. The maximum atomic E-state index is 12.3. The van der Waals surface area contributed by atoms with Crippen LogP contribution in [0.5, 0.6) is 0 Å². The van der Waals surface area contributed by atoms with Crippen LogP contribution >= 0.6 is 23.2 Å². The molecule has 0 radical (unpaired) electrons. The molecule has 1 N–H and O–H groups in total. The Morgan fingerprint density at radius 2 is 1.60 bits per heavy atom.